The van der Waals surface area contributed by atoms with E-state index in [0.29, 0.717) is 17.8 Å². The van der Waals surface area contributed by atoms with Crippen LogP contribution in [0.25, 0.3) is 0 Å². The van der Waals surface area contributed by atoms with Gasteiger partial charge in [-0.25, -0.2) is 0 Å². The van der Waals surface area contributed by atoms with E-state index in [1.807, 2.05) is 13.8 Å². The lowest BCUT2D eigenvalue weighted by atomic mass is 9.46. The number of fused-ring (bicyclic) bond motifs is 5. The van der Waals surface area contributed by atoms with E-state index in [4.69, 9.17) is 10.2 Å². The van der Waals surface area contributed by atoms with E-state index >= 15 is 0 Å². The van der Waals surface area contributed by atoms with Crippen LogP contribution in [-0.2, 0) is 4.79 Å². The third-order valence-corrected chi connectivity index (χ3v) is 7.88. The molecular formula is C24H43NO3. The van der Waals surface area contributed by atoms with Gasteiger partial charge in [-0.05, 0) is 86.5 Å². The smallest absolute Gasteiger partial charge is 0.116 e. The van der Waals surface area contributed by atoms with Gasteiger partial charge < -0.3 is 20.4 Å². The van der Waals surface area contributed by atoms with Gasteiger partial charge in [-0.3, -0.25) is 0 Å². The van der Waals surface area contributed by atoms with Crippen molar-refractivity contribution in [3.8, 4) is 0 Å². The minimum Gasteiger partial charge on any atom is -0.393 e. The summed E-state index contributed by atoms with van der Waals surface area (Å²) in [7, 11) is 0. The maximum absolute atomic E-state index is 11.0. The number of aldehydes is 1. The third-order valence-electron chi connectivity index (χ3n) is 7.88. The fourth-order valence-corrected chi connectivity index (χ4v) is 6.69. The summed E-state index contributed by atoms with van der Waals surface area (Å²) >= 11 is 0. The Morgan fingerprint density at radius 3 is 2.36 bits per heavy atom. The fraction of sp³-hybridized carbons (Fsp3) is 0.833. The van der Waals surface area contributed by atoms with Crippen molar-refractivity contribution >= 4 is 12.0 Å². The first kappa shape index (κ1) is 25.0. The van der Waals surface area contributed by atoms with Crippen LogP contribution in [-0.4, -0.2) is 34.4 Å². The molecule has 2 unspecified atom stereocenters. The van der Waals surface area contributed by atoms with Crippen molar-refractivity contribution in [2.24, 2.45) is 28.6 Å². The van der Waals surface area contributed by atoms with E-state index in [0.717, 1.165) is 56.9 Å². The average Bonchev–Trinajstić information content (AvgIpc) is 2.92. The Kier molecular flexibility index (Phi) is 8.64. The first-order valence-corrected chi connectivity index (χ1v) is 10.8. The molecule has 0 aromatic rings. The molecule has 0 aliphatic heterocycles. The zero-order valence-electron chi connectivity index (χ0n) is 17.8. The molecule has 0 aromatic carbocycles. The fourth-order valence-electron chi connectivity index (χ4n) is 6.69. The number of carbonyl (C=O) groups is 1. The van der Waals surface area contributed by atoms with Crippen LogP contribution in [0.5, 0.6) is 0 Å². The highest BCUT2D eigenvalue weighted by Crippen LogP contribution is 2.65. The summed E-state index contributed by atoms with van der Waals surface area (Å²) in [5.41, 5.74) is 2.16. The van der Waals surface area contributed by atoms with Crippen molar-refractivity contribution in [1.29, 1.82) is 5.41 Å². The predicted octanol–water partition coefficient (Wildman–Crippen LogP) is 5.17. The molecule has 0 spiro atoms. The average molecular weight is 394 g/mol. The van der Waals surface area contributed by atoms with Gasteiger partial charge in [-0.2, -0.15) is 0 Å². The van der Waals surface area contributed by atoms with Crippen LogP contribution in [0.15, 0.2) is 11.6 Å². The molecule has 0 saturated heterocycles. The zero-order valence-corrected chi connectivity index (χ0v) is 17.8. The van der Waals surface area contributed by atoms with Crippen molar-refractivity contribution in [1.82, 2.24) is 0 Å². The Morgan fingerprint density at radius 2 is 1.75 bits per heavy atom. The molecular weight excluding hydrogens is 350 g/mol. The van der Waals surface area contributed by atoms with E-state index in [-0.39, 0.29) is 30.5 Å². The maximum atomic E-state index is 11.0. The first-order valence-electron chi connectivity index (χ1n) is 10.8. The van der Waals surface area contributed by atoms with E-state index < -0.39 is 0 Å². The molecule has 4 nitrogen and oxygen atoms in total. The van der Waals surface area contributed by atoms with E-state index in [2.05, 4.69) is 19.9 Å². The van der Waals surface area contributed by atoms with Crippen molar-refractivity contribution in [2.75, 3.05) is 0 Å². The Balaban J connectivity index is 0.000000600. The number of aliphatic hydroxyl groups excluding tert-OH is 2. The summed E-state index contributed by atoms with van der Waals surface area (Å²) in [6.45, 7) is 9.98. The number of rotatable bonds is 0. The van der Waals surface area contributed by atoms with Gasteiger partial charge in [0.2, 0.25) is 0 Å². The van der Waals surface area contributed by atoms with Crippen molar-refractivity contribution in [2.45, 2.75) is 99.2 Å². The molecule has 3 fully saturated rings. The highest BCUT2D eigenvalue weighted by Gasteiger charge is 2.61. The molecule has 28 heavy (non-hydrogen) atoms. The SMILES string of the molecule is C.CC.CC=O.C[C@]12CCC(=N)C=C1CC[C@@H]1C2[C@@H](O)C[C@@]2(C)C1CC[C@H]2O. The van der Waals surface area contributed by atoms with Crippen LogP contribution < -0.4 is 0 Å². The van der Waals surface area contributed by atoms with Crippen molar-refractivity contribution < 1.29 is 15.0 Å². The number of carbonyl (C=O) groups excluding carboxylic acids is 1. The van der Waals surface area contributed by atoms with Gasteiger partial charge in [0.25, 0.3) is 0 Å². The van der Waals surface area contributed by atoms with Gasteiger partial charge in [-0.1, -0.05) is 40.7 Å². The first-order chi connectivity index (χ1) is 12.8. The van der Waals surface area contributed by atoms with Gasteiger partial charge in [0.1, 0.15) is 6.29 Å². The monoisotopic (exact) mass is 393 g/mol. The zero-order chi connectivity index (χ0) is 20.4. The van der Waals surface area contributed by atoms with Gasteiger partial charge in [-0.15, -0.1) is 0 Å². The molecule has 7 atom stereocenters. The molecule has 0 radical (unpaired) electrons. The molecule has 0 bridgehead atoms. The van der Waals surface area contributed by atoms with E-state index in [1.54, 1.807) is 0 Å². The van der Waals surface area contributed by atoms with Gasteiger partial charge in [0.05, 0.1) is 12.2 Å². The molecule has 0 amide bonds. The van der Waals surface area contributed by atoms with Crippen molar-refractivity contribution in [3.63, 3.8) is 0 Å². The number of hydrogen-bond acceptors (Lipinski definition) is 4. The molecule has 4 heteroatoms. The number of hydrogen-bond donors (Lipinski definition) is 3. The lowest BCUT2D eigenvalue weighted by molar-refractivity contribution is -0.138. The van der Waals surface area contributed by atoms with Crippen LogP contribution in [0.3, 0.4) is 0 Å². The molecule has 4 aliphatic rings. The predicted molar refractivity (Wildman–Crippen MR) is 117 cm³/mol. The molecule has 4 rings (SSSR count). The maximum Gasteiger partial charge on any atom is 0.116 e. The summed E-state index contributed by atoms with van der Waals surface area (Å²) in [5, 5.41) is 29.5. The quantitative estimate of drug-likeness (QED) is 0.497. The van der Waals surface area contributed by atoms with E-state index in [1.165, 1.54) is 12.5 Å². The lowest BCUT2D eigenvalue weighted by Gasteiger charge is -2.59. The minimum absolute atomic E-state index is 0. The second kappa shape index (κ2) is 9.67. The van der Waals surface area contributed by atoms with Gasteiger partial charge >= 0.3 is 0 Å². The number of aliphatic hydroxyl groups is 2. The van der Waals surface area contributed by atoms with Crippen LogP contribution in [0.2, 0.25) is 0 Å². The Labute approximate surface area is 172 Å². The summed E-state index contributed by atoms with van der Waals surface area (Å²) in [6, 6.07) is 0. The highest BCUT2D eigenvalue weighted by molar-refractivity contribution is 5.94. The van der Waals surface area contributed by atoms with Gasteiger partial charge in [0.15, 0.2) is 0 Å². The van der Waals surface area contributed by atoms with Crippen LogP contribution >= 0.6 is 0 Å². The molecule has 4 aliphatic carbocycles. The van der Waals surface area contributed by atoms with Gasteiger partial charge in [0, 0.05) is 5.71 Å². The molecule has 3 saturated carbocycles. The van der Waals surface area contributed by atoms with Crippen molar-refractivity contribution in [3.05, 3.63) is 11.6 Å². The number of nitrogens with one attached hydrogen (secondary N) is 1. The third kappa shape index (κ3) is 4.00. The summed E-state index contributed by atoms with van der Waals surface area (Å²) < 4.78 is 0. The normalized spacial score (nSPS) is 43.3. The molecule has 0 aromatic heterocycles. The molecule has 3 N–H and O–H groups in total. The molecule has 0 heterocycles. The largest absolute Gasteiger partial charge is 0.393 e. The number of allylic oxidation sites excluding steroid dienone is 2. The minimum atomic E-state index is -0.306. The van der Waals surface area contributed by atoms with Crippen LogP contribution in [0, 0.1) is 34.0 Å². The second-order valence-electron chi connectivity index (χ2n) is 9.05. The second-order valence-corrected chi connectivity index (χ2v) is 9.05. The Hall–Kier alpha value is -1.00. The van der Waals surface area contributed by atoms with E-state index in [9.17, 15) is 10.2 Å². The Bertz CT molecular complexity index is 586. The summed E-state index contributed by atoms with van der Waals surface area (Å²) in [6.07, 6.45) is 9.15. The lowest BCUT2D eigenvalue weighted by Crippen LogP contribution is -2.57. The highest BCUT2D eigenvalue weighted by atomic mass is 16.3. The Morgan fingerprint density at radius 1 is 1.14 bits per heavy atom. The summed E-state index contributed by atoms with van der Waals surface area (Å²) in [4.78, 5) is 8.81. The standard InChI is InChI=1S/C19H29NO2.C2H4O.C2H6.CH4/c1-18-8-7-12(20)9-11(18)3-4-13-14-5-6-16(22)19(14,2)10-15(21)17(13)18;1-2-3;1-2;/h9,13-17,20-22H,3-8,10H2,1-2H3;2H,1H3;1-2H3;1H4/t13-,14?,15-,16+,17?,18-,19-;;;/m0.../s1. The topological polar surface area (TPSA) is 81.4 Å². The summed E-state index contributed by atoms with van der Waals surface area (Å²) in [5.74, 6) is 1.43. The van der Waals surface area contributed by atoms with Crippen LogP contribution in [0.4, 0.5) is 0 Å². The van der Waals surface area contributed by atoms with Crippen LogP contribution in [0.1, 0.15) is 87.0 Å². The molecule has 162 valence electrons.